The molecule has 29 heavy (non-hydrogen) atoms. The molecule has 1 N–H and O–H groups in total. The molecule has 0 saturated heterocycles. The minimum Gasteiger partial charge on any atom is -0.453 e. The van der Waals surface area contributed by atoms with Crippen molar-refractivity contribution in [3.05, 3.63) is 66.9 Å². The third-order valence-electron chi connectivity index (χ3n) is 3.98. The van der Waals surface area contributed by atoms with Crippen molar-refractivity contribution in [3.63, 3.8) is 0 Å². The summed E-state index contributed by atoms with van der Waals surface area (Å²) in [6.07, 6.45) is 3.93. The number of hydrogen-bond acceptors (Lipinski definition) is 8. The van der Waals surface area contributed by atoms with Crippen molar-refractivity contribution in [2.45, 2.75) is 4.90 Å². The lowest BCUT2D eigenvalue weighted by Crippen LogP contribution is -2.02. The van der Waals surface area contributed by atoms with E-state index >= 15 is 0 Å². The molecule has 0 bridgehead atoms. The van der Waals surface area contributed by atoms with Crippen molar-refractivity contribution in [1.82, 2.24) is 20.2 Å². The second kappa shape index (κ2) is 7.40. The summed E-state index contributed by atoms with van der Waals surface area (Å²) in [6.45, 7) is 0. The van der Waals surface area contributed by atoms with Gasteiger partial charge in [0.2, 0.25) is 0 Å². The Bertz CT molecular complexity index is 1300. The molecule has 2 aromatic heterocycles. The molecule has 0 atom stereocenters. The first-order chi connectivity index (χ1) is 13.9. The van der Waals surface area contributed by atoms with Gasteiger partial charge in [-0.1, -0.05) is 6.07 Å². The van der Waals surface area contributed by atoms with E-state index in [2.05, 4.69) is 25.5 Å². The number of hydrogen-bond donors (Lipinski definition) is 1. The second-order valence-corrected chi connectivity index (χ2v) is 8.06. The zero-order valence-corrected chi connectivity index (χ0v) is 15.9. The van der Waals surface area contributed by atoms with Crippen LogP contribution >= 0.6 is 0 Å². The highest BCUT2D eigenvalue weighted by Gasteiger charge is 2.19. The Morgan fingerprint density at radius 2 is 1.93 bits per heavy atom. The molecular weight excluding hydrogens is 397 g/mol. The summed E-state index contributed by atoms with van der Waals surface area (Å²) in [5.41, 5.74) is 0.607. The van der Waals surface area contributed by atoms with E-state index < -0.39 is 15.7 Å². The van der Waals surface area contributed by atoms with Crippen LogP contribution in [0.4, 0.5) is 16.0 Å². The van der Waals surface area contributed by atoms with Crippen LogP contribution in [0.3, 0.4) is 0 Å². The zero-order valence-electron chi connectivity index (χ0n) is 15.1. The Morgan fingerprint density at radius 1 is 1.07 bits per heavy atom. The van der Waals surface area contributed by atoms with E-state index in [9.17, 15) is 12.8 Å². The maximum Gasteiger partial charge on any atom is 0.181 e. The summed E-state index contributed by atoms with van der Waals surface area (Å²) in [4.78, 5) is 8.17. The van der Waals surface area contributed by atoms with Gasteiger partial charge in [0.05, 0.1) is 5.52 Å². The number of benzene rings is 2. The first-order valence-electron chi connectivity index (χ1n) is 8.38. The molecule has 2 heterocycles. The first kappa shape index (κ1) is 18.7. The molecule has 0 aliphatic heterocycles. The Kier molecular flexibility index (Phi) is 4.77. The number of sulfone groups is 1. The number of fused-ring (bicyclic) bond motifs is 1. The van der Waals surface area contributed by atoms with Gasteiger partial charge in [-0.2, -0.15) is 5.10 Å². The molecule has 4 rings (SSSR count). The number of anilines is 2. The Balaban J connectivity index is 1.76. The van der Waals surface area contributed by atoms with Gasteiger partial charge in [0.15, 0.2) is 27.2 Å². The normalized spacial score (nSPS) is 11.4. The van der Waals surface area contributed by atoms with Gasteiger partial charge in [-0.15, -0.1) is 5.10 Å². The van der Waals surface area contributed by atoms with Crippen LogP contribution in [-0.4, -0.2) is 34.8 Å². The van der Waals surface area contributed by atoms with Crippen molar-refractivity contribution in [2.75, 3.05) is 11.6 Å². The van der Waals surface area contributed by atoms with Crippen molar-refractivity contribution in [3.8, 4) is 11.5 Å². The van der Waals surface area contributed by atoms with E-state index in [4.69, 9.17) is 4.74 Å². The van der Waals surface area contributed by atoms with Crippen LogP contribution in [0, 0.1) is 5.82 Å². The number of para-hydroxylation sites is 1. The number of nitrogens with zero attached hydrogens (tertiary/aromatic N) is 4. The van der Waals surface area contributed by atoms with Crippen LogP contribution in [-0.2, 0) is 9.84 Å². The molecule has 0 spiro atoms. The van der Waals surface area contributed by atoms with Gasteiger partial charge in [-0.25, -0.2) is 22.8 Å². The SMILES string of the molecule is CS(=O)(=O)c1cccc(F)c1Oc1ccc2ncnc(Nc3cccnn3)c2c1. The van der Waals surface area contributed by atoms with Crippen LogP contribution in [0.2, 0.25) is 0 Å². The number of aromatic nitrogens is 4. The van der Waals surface area contributed by atoms with Gasteiger partial charge < -0.3 is 10.1 Å². The minimum atomic E-state index is -3.68. The maximum atomic E-state index is 14.3. The van der Waals surface area contributed by atoms with Crippen molar-refractivity contribution >= 4 is 32.4 Å². The van der Waals surface area contributed by atoms with Crippen LogP contribution < -0.4 is 10.1 Å². The van der Waals surface area contributed by atoms with Crippen molar-refractivity contribution in [1.29, 1.82) is 0 Å². The zero-order chi connectivity index (χ0) is 20.4. The predicted octanol–water partition coefficient (Wildman–Crippen LogP) is 3.50. The summed E-state index contributed by atoms with van der Waals surface area (Å²) >= 11 is 0. The lowest BCUT2D eigenvalue weighted by Gasteiger charge is -2.12. The molecule has 10 heteroatoms. The highest BCUT2D eigenvalue weighted by atomic mass is 32.2. The van der Waals surface area contributed by atoms with E-state index in [1.165, 1.54) is 18.5 Å². The summed E-state index contributed by atoms with van der Waals surface area (Å²) in [5, 5.41) is 11.4. The standard InChI is InChI=1S/C19H14FN5O3S/c1-29(26,27)16-5-2-4-14(20)18(16)28-12-7-8-15-13(10-12)19(22-11-21-15)24-17-6-3-9-23-25-17/h2-11H,1H3,(H,21,22,24,25). The third-order valence-corrected chi connectivity index (χ3v) is 5.10. The molecule has 2 aromatic carbocycles. The monoisotopic (exact) mass is 411 g/mol. The molecule has 0 unspecified atom stereocenters. The molecule has 8 nitrogen and oxygen atoms in total. The number of halogens is 1. The van der Waals surface area contributed by atoms with E-state index in [-0.39, 0.29) is 16.4 Å². The van der Waals surface area contributed by atoms with Crippen LogP contribution in [0.25, 0.3) is 10.9 Å². The quantitative estimate of drug-likeness (QED) is 0.532. The molecule has 4 aromatic rings. The molecule has 146 valence electrons. The average molecular weight is 411 g/mol. The fourth-order valence-corrected chi connectivity index (χ4v) is 3.49. The van der Waals surface area contributed by atoms with E-state index in [0.29, 0.717) is 22.5 Å². The van der Waals surface area contributed by atoms with Gasteiger partial charge in [-0.05, 0) is 42.5 Å². The van der Waals surface area contributed by atoms with Gasteiger partial charge >= 0.3 is 0 Å². The van der Waals surface area contributed by atoms with E-state index in [1.54, 1.807) is 36.5 Å². The summed E-state index contributed by atoms with van der Waals surface area (Å²) < 4.78 is 43.9. The van der Waals surface area contributed by atoms with Crippen LogP contribution in [0.15, 0.2) is 66.0 Å². The van der Waals surface area contributed by atoms with Crippen LogP contribution in [0.1, 0.15) is 0 Å². The Hall–Kier alpha value is -3.66. The highest BCUT2D eigenvalue weighted by Crippen LogP contribution is 2.34. The number of ether oxygens (including phenoxy) is 1. The molecule has 0 fully saturated rings. The van der Waals surface area contributed by atoms with Crippen molar-refractivity contribution < 1.29 is 17.5 Å². The Labute approximate surface area is 165 Å². The molecule has 0 amide bonds. The summed E-state index contributed by atoms with van der Waals surface area (Å²) in [7, 11) is -3.68. The fourth-order valence-electron chi connectivity index (χ4n) is 2.69. The third kappa shape index (κ3) is 3.97. The number of nitrogens with one attached hydrogen (secondary N) is 1. The fraction of sp³-hybridized carbons (Fsp3) is 0.0526. The highest BCUT2D eigenvalue weighted by molar-refractivity contribution is 7.90. The second-order valence-electron chi connectivity index (χ2n) is 6.08. The predicted molar refractivity (Wildman–Crippen MR) is 104 cm³/mol. The maximum absolute atomic E-state index is 14.3. The van der Waals surface area contributed by atoms with Gasteiger partial charge in [-0.3, -0.25) is 0 Å². The molecule has 0 radical (unpaired) electrons. The summed E-state index contributed by atoms with van der Waals surface area (Å²) in [5.74, 6) is -0.000481. The summed E-state index contributed by atoms with van der Waals surface area (Å²) in [6, 6.07) is 12.0. The average Bonchev–Trinajstić information content (AvgIpc) is 2.70. The van der Waals surface area contributed by atoms with E-state index in [1.807, 2.05) is 0 Å². The first-order valence-corrected chi connectivity index (χ1v) is 10.3. The Morgan fingerprint density at radius 3 is 2.69 bits per heavy atom. The van der Waals surface area contributed by atoms with Crippen LogP contribution in [0.5, 0.6) is 11.5 Å². The van der Waals surface area contributed by atoms with E-state index in [0.717, 1.165) is 12.3 Å². The lowest BCUT2D eigenvalue weighted by molar-refractivity contribution is 0.428. The van der Waals surface area contributed by atoms with Gasteiger partial charge in [0.1, 0.15) is 22.8 Å². The largest absolute Gasteiger partial charge is 0.453 e. The minimum absolute atomic E-state index is 0.226. The lowest BCUT2D eigenvalue weighted by atomic mass is 10.2. The number of rotatable bonds is 5. The topological polar surface area (TPSA) is 107 Å². The molecule has 0 saturated carbocycles. The van der Waals surface area contributed by atoms with Gasteiger partial charge in [0.25, 0.3) is 0 Å². The van der Waals surface area contributed by atoms with Gasteiger partial charge in [0, 0.05) is 17.8 Å². The molecule has 0 aliphatic rings. The molecule has 0 aliphatic carbocycles. The van der Waals surface area contributed by atoms with Crippen molar-refractivity contribution in [2.24, 2.45) is 0 Å². The molecular formula is C19H14FN5O3S. The smallest absolute Gasteiger partial charge is 0.181 e.